The molecule has 3 rings (SSSR count). The highest BCUT2D eigenvalue weighted by Crippen LogP contribution is 2.32. The van der Waals surface area contributed by atoms with E-state index in [1.807, 2.05) is 41.0 Å². The van der Waals surface area contributed by atoms with E-state index in [-0.39, 0.29) is 0 Å². The van der Waals surface area contributed by atoms with E-state index in [0.29, 0.717) is 5.16 Å². The first-order valence-corrected chi connectivity index (χ1v) is 6.09. The molecule has 0 saturated carbocycles. The predicted octanol–water partition coefficient (Wildman–Crippen LogP) is 5.03. The molecule has 0 spiro atoms. The number of benzene rings is 2. The monoisotopic (exact) mass is 261 g/mol. The summed E-state index contributed by atoms with van der Waals surface area (Å²) in [4.78, 5) is 0. The molecule has 2 aromatic carbocycles. The molecule has 0 amide bonds. The molecule has 1 aromatic heterocycles. The van der Waals surface area contributed by atoms with E-state index < -0.39 is 0 Å². The van der Waals surface area contributed by atoms with E-state index in [2.05, 4.69) is 12.1 Å². The molecule has 0 N–H and O–H groups in total. The van der Waals surface area contributed by atoms with E-state index in [1.165, 1.54) is 16.3 Å². The Hall–Kier alpha value is -1.44. The Balaban J connectivity index is 2.59. The first kappa shape index (κ1) is 10.7. The lowest BCUT2D eigenvalue weighted by molar-refractivity contribution is 1.27. The lowest BCUT2D eigenvalue weighted by Crippen LogP contribution is -1.89. The van der Waals surface area contributed by atoms with E-state index >= 15 is 0 Å². The van der Waals surface area contributed by atoms with Gasteiger partial charge >= 0.3 is 0 Å². The van der Waals surface area contributed by atoms with Gasteiger partial charge < -0.3 is 0 Å². The lowest BCUT2D eigenvalue weighted by atomic mass is 10.2. The van der Waals surface area contributed by atoms with E-state index in [1.54, 1.807) is 0 Å². The van der Waals surface area contributed by atoms with Crippen LogP contribution in [0.25, 0.3) is 27.0 Å². The van der Waals surface area contributed by atoms with E-state index in [0.717, 1.165) is 11.0 Å². The molecule has 1 nitrogen and oxygen atoms in total. The average molecular weight is 262 g/mol. The van der Waals surface area contributed by atoms with Gasteiger partial charge in [0, 0.05) is 16.3 Å². The lowest BCUT2D eigenvalue weighted by Gasteiger charge is -2.03. The van der Waals surface area contributed by atoms with Crippen molar-refractivity contribution in [3.05, 3.63) is 54.1 Å². The summed E-state index contributed by atoms with van der Waals surface area (Å²) in [6, 6.07) is 16.3. The van der Waals surface area contributed by atoms with E-state index in [9.17, 15) is 0 Å². The normalized spacial score (nSPS) is 12.5. The van der Waals surface area contributed by atoms with Gasteiger partial charge in [-0.15, -0.1) is 0 Å². The first-order valence-electron chi connectivity index (χ1n) is 5.27. The van der Waals surface area contributed by atoms with Crippen LogP contribution in [0.4, 0.5) is 0 Å². The van der Waals surface area contributed by atoms with Crippen LogP contribution in [0.2, 0.25) is 0 Å². The standard InChI is InChI=1S/C14H9Cl2N/c15-9-14(16)17-12-7-3-1-5-10(12)11-6-2-4-8-13(11)17/h1-9H. The molecule has 0 radical (unpaired) electrons. The van der Waals surface area contributed by atoms with Gasteiger partial charge in [0.15, 0.2) is 0 Å². The second-order valence-corrected chi connectivity index (χ2v) is 4.41. The SMILES string of the molecule is ClC=C(Cl)n1c2ccccc2c2ccccc21. The Bertz CT molecular complexity index is 672. The minimum atomic E-state index is 0.504. The van der Waals surface area contributed by atoms with Crippen LogP contribution >= 0.6 is 23.2 Å². The summed E-state index contributed by atoms with van der Waals surface area (Å²) in [6.07, 6.45) is 0. The zero-order chi connectivity index (χ0) is 11.8. The molecule has 0 aliphatic rings. The summed E-state index contributed by atoms with van der Waals surface area (Å²) < 4.78 is 1.96. The second-order valence-electron chi connectivity index (χ2n) is 3.80. The van der Waals surface area contributed by atoms with Gasteiger partial charge in [-0.2, -0.15) is 0 Å². The fourth-order valence-corrected chi connectivity index (χ4v) is 2.48. The van der Waals surface area contributed by atoms with Crippen molar-refractivity contribution in [1.29, 1.82) is 0 Å². The third-order valence-electron chi connectivity index (χ3n) is 2.88. The average Bonchev–Trinajstić information content (AvgIpc) is 2.72. The summed E-state index contributed by atoms with van der Waals surface area (Å²) in [5.41, 5.74) is 3.52. The van der Waals surface area contributed by atoms with Crippen LogP contribution in [-0.2, 0) is 0 Å². The van der Waals surface area contributed by atoms with Crippen molar-refractivity contribution >= 4 is 50.2 Å². The quantitative estimate of drug-likeness (QED) is 0.579. The molecule has 3 heteroatoms. The molecule has 0 atom stereocenters. The maximum absolute atomic E-state index is 6.18. The smallest absolute Gasteiger partial charge is 0.125 e. The number of nitrogens with zero attached hydrogens (tertiary/aromatic N) is 1. The Morgan fingerprint density at radius 3 is 1.82 bits per heavy atom. The fourth-order valence-electron chi connectivity index (χ4n) is 2.20. The number of aromatic nitrogens is 1. The molecular formula is C14H9Cl2N. The van der Waals surface area contributed by atoms with Gasteiger partial charge in [-0.3, -0.25) is 4.57 Å². The minimum absolute atomic E-state index is 0.504. The van der Waals surface area contributed by atoms with Crippen molar-refractivity contribution in [1.82, 2.24) is 4.57 Å². The molecule has 1 heterocycles. The Morgan fingerprint density at radius 2 is 1.35 bits per heavy atom. The van der Waals surface area contributed by atoms with E-state index in [4.69, 9.17) is 23.2 Å². The van der Waals surface area contributed by atoms with Crippen LogP contribution in [0.3, 0.4) is 0 Å². The van der Waals surface area contributed by atoms with Crippen molar-refractivity contribution < 1.29 is 0 Å². The van der Waals surface area contributed by atoms with Gasteiger partial charge in [0.2, 0.25) is 0 Å². The molecule has 0 fully saturated rings. The third-order valence-corrected chi connectivity index (χ3v) is 3.48. The van der Waals surface area contributed by atoms with Gasteiger partial charge in [0.25, 0.3) is 0 Å². The molecule has 84 valence electrons. The van der Waals surface area contributed by atoms with Gasteiger partial charge in [-0.1, -0.05) is 59.6 Å². The molecule has 0 aliphatic carbocycles. The largest absolute Gasteiger partial charge is 0.299 e. The Morgan fingerprint density at radius 1 is 0.882 bits per heavy atom. The molecule has 0 unspecified atom stereocenters. The van der Waals surface area contributed by atoms with Gasteiger partial charge in [0.1, 0.15) is 5.16 Å². The Kier molecular flexibility index (Phi) is 2.58. The first-order chi connectivity index (χ1) is 8.33. The highest BCUT2D eigenvalue weighted by Gasteiger charge is 2.10. The van der Waals surface area contributed by atoms with Gasteiger partial charge in [-0.05, 0) is 12.1 Å². The van der Waals surface area contributed by atoms with Crippen LogP contribution in [0.1, 0.15) is 0 Å². The zero-order valence-corrected chi connectivity index (χ0v) is 10.4. The predicted molar refractivity (Wildman–Crippen MR) is 75.4 cm³/mol. The van der Waals surface area contributed by atoms with Gasteiger partial charge in [-0.25, -0.2) is 0 Å². The highest BCUT2D eigenvalue weighted by atomic mass is 35.5. The molecule has 3 aromatic rings. The maximum atomic E-state index is 6.18. The number of hydrogen-bond acceptors (Lipinski definition) is 0. The number of para-hydroxylation sites is 2. The van der Waals surface area contributed by atoms with Crippen LogP contribution in [0.5, 0.6) is 0 Å². The van der Waals surface area contributed by atoms with Crippen molar-refractivity contribution in [2.75, 3.05) is 0 Å². The Labute approximate surface area is 109 Å². The van der Waals surface area contributed by atoms with Crippen LogP contribution in [0, 0.1) is 0 Å². The van der Waals surface area contributed by atoms with Crippen molar-refractivity contribution in [3.8, 4) is 0 Å². The number of halogens is 2. The molecule has 0 saturated heterocycles. The topological polar surface area (TPSA) is 4.93 Å². The highest BCUT2D eigenvalue weighted by molar-refractivity contribution is 6.50. The molecule has 0 bridgehead atoms. The maximum Gasteiger partial charge on any atom is 0.125 e. The van der Waals surface area contributed by atoms with Crippen LogP contribution in [0.15, 0.2) is 54.1 Å². The van der Waals surface area contributed by atoms with Crippen molar-refractivity contribution in [3.63, 3.8) is 0 Å². The summed E-state index contributed by atoms with van der Waals surface area (Å²) >= 11 is 11.9. The third kappa shape index (κ3) is 1.54. The van der Waals surface area contributed by atoms with Crippen molar-refractivity contribution in [2.24, 2.45) is 0 Å². The number of hydrogen-bond donors (Lipinski definition) is 0. The summed E-state index contributed by atoms with van der Waals surface area (Å²) in [7, 11) is 0. The molecule has 17 heavy (non-hydrogen) atoms. The minimum Gasteiger partial charge on any atom is -0.299 e. The molecular weight excluding hydrogens is 253 g/mol. The summed E-state index contributed by atoms with van der Waals surface area (Å²) in [5.74, 6) is 0. The molecule has 0 aliphatic heterocycles. The van der Waals surface area contributed by atoms with Crippen LogP contribution in [-0.4, -0.2) is 4.57 Å². The number of fused-ring (bicyclic) bond motifs is 3. The summed E-state index contributed by atoms with van der Waals surface area (Å²) in [6.45, 7) is 0. The van der Waals surface area contributed by atoms with Crippen molar-refractivity contribution in [2.45, 2.75) is 0 Å². The van der Waals surface area contributed by atoms with Crippen LogP contribution < -0.4 is 0 Å². The number of rotatable bonds is 1. The zero-order valence-electron chi connectivity index (χ0n) is 8.90. The van der Waals surface area contributed by atoms with Gasteiger partial charge in [0.05, 0.1) is 11.0 Å². The fraction of sp³-hybridized carbons (Fsp3) is 0. The second kappa shape index (κ2) is 4.10. The summed E-state index contributed by atoms with van der Waals surface area (Å²) in [5, 5.41) is 2.86.